The molecule has 15 heavy (non-hydrogen) atoms. The van der Waals surface area contributed by atoms with Crippen LogP contribution in [0.15, 0.2) is 18.2 Å². The Morgan fingerprint density at radius 1 is 1.33 bits per heavy atom. The van der Waals surface area contributed by atoms with E-state index < -0.39 is 12.5 Å². The average Bonchev–Trinajstić information content (AvgIpc) is 2.29. The minimum atomic E-state index is -0.533. The molecule has 0 aromatic heterocycles. The first-order valence-corrected chi connectivity index (χ1v) is 4.60. The molecule has 2 N–H and O–H groups in total. The largest absolute Gasteiger partial charge is 0.486 e. The van der Waals surface area contributed by atoms with Gasteiger partial charge >= 0.3 is 0 Å². The molecular formula is C10H11NO4. The molecule has 0 saturated heterocycles. The molecule has 0 unspecified atom stereocenters. The van der Waals surface area contributed by atoms with Gasteiger partial charge in [-0.15, -0.1) is 0 Å². The van der Waals surface area contributed by atoms with E-state index >= 15 is 0 Å². The monoisotopic (exact) mass is 209 g/mol. The van der Waals surface area contributed by atoms with Crippen molar-refractivity contribution in [2.45, 2.75) is 0 Å². The molecule has 0 bridgehead atoms. The number of carbonyl (C=O) groups is 1. The molecule has 80 valence electrons. The van der Waals surface area contributed by atoms with Crippen LogP contribution in [0.3, 0.4) is 0 Å². The zero-order chi connectivity index (χ0) is 10.7. The van der Waals surface area contributed by atoms with Crippen LogP contribution in [0.25, 0.3) is 0 Å². The second-order valence-electron chi connectivity index (χ2n) is 3.06. The van der Waals surface area contributed by atoms with E-state index in [1.54, 1.807) is 18.2 Å². The Morgan fingerprint density at radius 3 is 2.80 bits per heavy atom. The highest BCUT2D eigenvalue weighted by atomic mass is 16.6. The minimum absolute atomic E-state index is 0.452. The molecule has 0 radical (unpaired) electrons. The number of benzene rings is 1. The van der Waals surface area contributed by atoms with E-state index in [0.29, 0.717) is 30.4 Å². The second-order valence-corrected chi connectivity index (χ2v) is 3.06. The Kier molecular flexibility index (Phi) is 2.73. The third-order valence-corrected chi connectivity index (χ3v) is 1.97. The fourth-order valence-corrected chi connectivity index (χ4v) is 1.32. The van der Waals surface area contributed by atoms with Gasteiger partial charge in [0.2, 0.25) is 5.91 Å². The molecule has 1 heterocycles. The van der Waals surface area contributed by atoms with E-state index in [0.717, 1.165) is 0 Å². The molecule has 1 aliphatic rings. The summed E-state index contributed by atoms with van der Waals surface area (Å²) in [5, 5.41) is 11.1. The number of aliphatic hydroxyl groups excluding tert-OH is 1. The molecular weight excluding hydrogens is 198 g/mol. The van der Waals surface area contributed by atoms with Crippen molar-refractivity contribution < 1.29 is 19.4 Å². The third kappa shape index (κ3) is 2.19. The van der Waals surface area contributed by atoms with Crippen LogP contribution in [0.4, 0.5) is 5.69 Å². The van der Waals surface area contributed by atoms with Gasteiger partial charge in [0.15, 0.2) is 11.5 Å². The van der Waals surface area contributed by atoms with Gasteiger partial charge in [-0.1, -0.05) is 0 Å². The van der Waals surface area contributed by atoms with Gasteiger partial charge in [-0.05, 0) is 12.1 Å². The molecule has 0 atom stereocenters. The van der Waals surface area contributed by atoms with Crippen molar-refractivity contribution in [3.05, 3.63) is 18.2 Å². The number of aliphatic hydroxyl groups is 1. The lowest BCUT2D eigenvalue weighted by molar-refractivity contribution is -0.118. The molecule has 1 amide bonds. The molecule has 0 saturated carbocycles. The van der Waals surface area contributed by atoms with Crippen LogP contribution in [-0.2, 0) is 4.79 Å². The van der Waals surface area contributed by atoms with Crippen molar-refractivity contribution in [1.82, 2.24) is 0 Å². The maximum atomic E-state index is 10.9. The van der Waals surface area contributed by atoms with Crippen molar-refractivity contribution in [2.75, 3.05) is 25.1 Å². The number of hydrogen-bond donors (Lipinski definition) is 2. The maximum absolute atomic E-state index is 10.9. The van der Waals surface area contributed by atoms with E-state index in [-0.39, 0.29) is 0 Å². The number of ether oxygens (including phenoxy) is 2. The first-order valence-electron chi connectivity index (χ1n) is 4.60. The van der Waals surface area contributed by atoms with Crippen LogP contribution in [0.2, 0.25) is 0 Å². The fraction of sp³-hybridized carbons (Fsp3) is 0.300. The number of amides is 1. The minimum Gasteiger partial charge on any atom is -0.486 e. The normalized spacial score (nSPS) is 13.4. The Bertz CT molecular complexity index is 378. The Balaban J connectivity index is 2.17. The first kappa shape index (κ1) is 9.79. The molecule has 5 nitrogen and oxygen atoms in total. The van der Waals surface area contributed by atoms with Gasteiger partial charge in [0.05, 0.1) is 0 Å². The summed E-state index contributed by atoms with van der Waals surface area (Å²) in [4.78, 5) is 10.9. The van der Waals surface area contributed by atoms with Gasteiger partial charge in [-0.3, -0.25) is 4.79 Å². The summed E-state index contributed by atoms with van der Waals surface area (Å²) < 4.78 is 10.7. The quantitative estimate of drug-likeness (QED) is 0.739. The predicted molar refractivity (Wildman–Crippen MR) is 53.1 cm³/mol. The van der Waals surface area contributed by atoms with Crippen molar-refractivity contribution in [1.29, 1.82) is 0 Å². The number of anilines is 1. The Labute approximate surface area is 86.6 Å². The molecule has 0 spiro atoms. The average molecular weight is 209 g/mol. The highest BCUT2D eigenvalue weighted by Crippen LogP contribution is 2.32. The topological polar surface area (TPSA) is 67.8 Å². The molecule has 1 aromatic carbocycles. The van der Waals surface area contributed by atoms with Crippen LogP contribution >= 0.6 is 0 Å². The first-order chi connectivity index (χ1) is 7.29. The molecule has 1 aliphatic heterocycles. The summed E-state index contributed by atoms with van der Waals surface area (Å²) in [6, 6.07) is 5.09. The smallest absolute Gasteiger partial charge is 0.250 e. The van der Waals surface area contributed by atoms with Gasteiger partial charge in [0, 0.05) is 11.8 Å². The summed E-state index contributed by atoms with van der Waals surface area (Å²) in [6.45, 7) is 0.508. The zero-order valence-corrected chi connectivity index (χ0v) is 8.03. The number of fused-ring (bicyclic) bond motifs is 1. The molecule has 0 aliphatic carbocycles. The van der Waals surface area contributed by atoms with Crippen molar-refractivity contribution in [3.8, 4) is 11.5 Å². The van der Waals surface area contributed by atoms with Gasteiger partial charge in [-0.2, -0.15) is 0 Å². The fourth-order valence-electron chi connectivity index (χ4n) is 1.32. The number of rotatable bonds is 2. The van der Waals surface area contributed by atoms with Crippen LogP contribution in [0.5, 0.6) is 11.5 Å². The highest BCUT2D eigenvalue weighted by molar-refractivity contribution is 5.91. The van der Waals surface area contributed by atoms with Crippen LogP contribution in [0, 0.1) is 0 Å². The molecule has 5 heteroatoms. The van der Waals surface area contributed by atoms with Crippen molar-refractivity contribution in [2.24, 2.45) is 0 Å². The SMILES string of the molecule is O=C(CO)Nc1ccc2c(c1)OCCO2. The lowest BCUT2D eigenvalue weighted by Crippen LogP contribution is -2.17. The summed E-state index contributed by atoms with van der Waals surface area (Å²) >= 11 is 0. The van der Waals surface area contributed by atoms with Crippen LogP contribution in [-0.4, -0.2) is 30.8 Å². The molecule has 0 fully saturated rings. The lowest BCUT2D eigenvalue weighted by Gasteiger charge is -2.18. The van der Waals surface area contributed by atoms with E-state index in [9.17, 15) is 4.79 Å². The lowest BCUT2D eigenvalue weighted by atomic mass is 10.2. The van der Waals surface area contributed by atoms with Crippen LogP contribution < -0.4 is 14.8 Å². The van der Waals surface area contributed by atoms with E-state index in [1.807, 2.05) is 0 Å². The zero-order valence-electron chi connectivity index (χ0n) is 8.03. The maximum Gasteiger partial charge on any atom is 0.250 e. The number of hydrogen-bond acceptors (Lipinski definition) is 4. The Hall–Kier alpha value is -1.75. The van der Waals surface area contributed by atoms with E-state index in [2.05, 4.69) is 5.32 Å². The van der Waals surface area contributed by atoms with Crippen LogP contribution in [0.1, 0.15) is 0 Å². The van der Waals surface area contributed by atoms with E-state index in [4.69, 9.17) is 14.6 Å². The second kappa shape index (κ2) is 4.18. The predicted octanol–water partition coefficient (Wildman–Crippen LogP) is 0.389. The summed E-state index contributed by atoms with van der Waals surface area (Å²) in [5.41, 5.74) is 0.582. The summed E-state index contributed by atoms with van der Waals surface area (Å²) in [5.74, 6) is 0.826. The van der Waals surface area contributed by atoms with Crippen molar-refractivity contribution >= 4 is 11.6 Å². The summed E-state index contributed by atoms with van der Waals surface area (Å²) in [7, 11) is 0. The molecule has 1 aromatic rings. The highest BCUT2D eigenvalue weighted by Gasteiger charge is 2.12. The standard InChI is InChI=1S/C10H11NO4/c12-6-10(13)11-7-1-2-8-9(5-7)15-4-3-14-8/h1-2,5,12H,3-4,6H2,(H,11,13). The van der Waals surface area contributed by atoms with Gasteiger partial charge in [0.1, 0.15) is 19.8 Å². The molecule has 2 rings (SSSR count). The third-order valence-electron chi connectivity index (χ3n) is 1.97. The number of carbonyl (C=O) groups excluding carboxylic acids is 1. The van der Waals surface area contributed by atoms with Gasteiger partial charge < -0.3 is 19.9 Å². The Morgan fingerprint density at radius 2 is 2.07 bits per heavy atom. The number of nitrogens with one attached hydrogen (secondary N) is 1. The van der Waals surface area contributed by atoms with Gasteiger partial charge in [0.25, 0.3) is 0 Å². The van der Waals surface area contributed by atoms with E-state index in [1.165, 1.54) is 0 Å². The van der Waals surface area contributed by atoms with Gasteiger partial charge in [-0.25, -0.2) is 0 Å². The summed E-state index contributed by atoms with van der Waals surface area (Å²) in [6.07, 6.45) is 0. The van der Waals surface area contributed by atoms with Crippen molar-refractivity contribution in [3.63, 3.8) is 0 Å².